The van der Waals surface area contributed by atoms with Gasteiger partial charge < -0.3 is 19.6 Å². The van der Waals surface area contributed by atoms with Gasteiger partial charge in [0.2, 0.25) is 10.0 Å². The molecule has 0 bridgehead atoms. The van der Waals surface area contributed by atoms with E-state index in [4.69, 9.17) is 4.74 Å². The van der Waals surface area contributed by atoms with Gasteiger partial charge in [0.25, 0.3) is 11.5 Å². The summed E-state index contributed by atoms with van der Waals surface area (Å²) >= 11 is 0. The van der Waals surface area contributed by atoms with Gasteiger partial charge in [-0.3, -0.25) is 14.3 Å². The van der Waals surface area contributed by atoms with E-state index in [1.807, 2.05) is 0 Å². The van der Waals surface area contributed by atoms with Gasteiger partial charge in [0.15, 0.2) is 11.6 Å². The molecule has 1 aliphatic rings. The molecule has 1 atom stereocenters. The number of aromatic amines is 2. The second kappa shape index (κ2) is 8.38. The van der Waals surface area contributed by atoms with Crippen LogP contribution in [0.5, 0.6) is 0 Å². The summed E-state index contributed by atoms with van der Waals surface area (Å²) in [7, 11) is -2.26. The summed E-state index contributed by atoms with van der Waals surface area (Å²) in [4.78, 5) is 32.6. The lowest BCUT2D eigenvalue weighted by Crippen LogP contribution is -2.37. The lowest BCUT2D eigenvalue weighted by Gasteiger charge is -2.33. The van der Waals surface area contributed by atoms with Crippen molar-refractivity contribution in [3.8, 4) is 0 Å². The number of benzene rings is 2. The second-order valence-corrected chi connectivity index (χ2v) is 10.3. The van der Waals surface area contributed by atoms with Crippen molar-refractivity contribution in [3.05, 3.63) is 75.1 Å². The zero-order valence-corrected chi connectivity index (χ0v) is 19.7. The van der Waals surface area contributed by atoms with E-state index in [9.17, 15) is 31.2 Å². The summed E-state index contributed by atoms with van der Waals surface area (Å²) in [6.07, 6.45) is 0.917. The van der Waals surface area contributed by atoms with Crippen molar-refractivity contribution in [1.82, 2.24) is 14.9 Å². The van der Waals surface area contributed by atoms with Gasteiger partial charge in [-0.05, 0) is 35.7 Å². The second-order valence-electron chi connectivity index (χ2n) is 8.58. The Morgan fingerprint density at radius 2 is 1.75 bits per heavy atom. The van der Waals surface area contributed by atoms with Crippen molar-refractivity contribution in [1.29, 1.82) is 0 Å². The summed E-state index contributed by atoms with van der Waals surface area (Å²) in [5, 5.41) is 0.350. The highest BCUT2D eigenvalue weighted by Crippen LogP contribution is 2.35. The van der Waals surface area contributed by atoms with E-state index in [2.05, 4.69) is 14.7 Å². The van der Waals surface area contributed by atoms with Gasteiger partial charge in [-0.15, -0.1) is 0 Å². The molecule has 2 aromatic heterocycles. The Kier molecular flexibility index (Phi) is 5.56. The molecule has 4 aromatic rings. The average molecular weight is 520 g/mol. The van der Waals surface area contributed by atoms with Crippen LogP contribution in [0.1, 0.15) is 27.8 Å². The molecular weight excluding hydrogens is 501 g/mol. The molecule has 2 aromatic carbocycles. The van der Waals surface area contributed by atoms with Crippen LogP contribution in [0.25, 0.3) is 21.7 Å². The average Bonchev–Trinajstić information content (AvgIpc) is 3.22. The van der Waals surface area contributed by atoms with E-state index in [1.54, 1.807) is 0 Å². The number of halogens is 3. The number of nitrogens with one attached hydrogen (secondary N) is 3. The third kappa shape index (κ3) is 4.09. The molecule has 0 saturated heterocycles. The van der Waals surface area contributed by atoms with Crippen molar-refractivity contribution in [3.63, 3.8) is 0 Å². The number of rotatable bonds is 4. The molecule has 9 nitrogen and oxygen atoms in total. The lowest BCUT2D eigenvalue weighted by atomic mass is 9.95. The largest absolute Gasteiger partial charge is 0.373 e. The SMILES string of the molecule is CN(C(=O)c1cc2c(NS(C)(=O)=O)cc(F)cc2[nH]1)[C@@H]1COCc2[nH]c(=O)c3cc(F)c(F)cc3c21. The van der Waals surface area contributed by atoms with Crippen LogP contribution in [0, 0.1) is 17.5 Å². The van der Waals surface area contributed by atoms with Gasteiger partial charge >= 0.3 is 0 Å². The van der Waals surface area contributed by atoms with E-state index in [-0.39, 0.29) is 46.3 Å². The first-order valence-electron chi connectivity index (χ1n) is 10.6. The van der Waals surface area contributed by atoms with Crippen LogP contribution in [-0.2, 0) is 21.4 Å². The number of ether oxygens (including phenoxy) is 1. The number of H-pyrrole nitrogens is 2. The molecular formula is C23H19F3N4O5S. The minimum atomic E-state index is -3.72. The maximum Gasteiger partial charge on any atom is 0.270 e. The third-order valence-electron chi connectivity index (χ3n) is 6.06. The normalized spacial score (nSPS) is 15.8. The molecule has 188 valence electrons. The fourth-order valence-electron chi connectivity index (χ4n) is 4.48. The molecule has 3 N–H and O–H groups in total. The van der Waals surface area contributed by atoms with E-state index < -0.39 is 45.0 Å². The highest BCUT2D eigenvalue weighted by Gasteiger charge is 2.32. The summed E-state index contributed by atoms with van der Waals surface area (Å²) in [6.45, 7) is 0.00927. The topological polar surface area (TPSA) is 124 Å². The molecule has 0 unspecified atom stereocenters. The fourth-order valence-corrected chi connectivity index (χ4v) is 5.05. The quantitative estimate of drug-likeness (QED) is 0.381. The predicted octanol–water partition coefficient (Wildman–Crippen LogP) is 3.14. The molecule has 0 saturated carbocycles. The number of likely N-dealkylation sites (N-methyl/N-ethyl adjacent to an activating group) is 1. The van der Waals surface area contributed by atoms with Crippen molar-refractivity contribution < 1.29 is 31.1 Å². The number of hydrogen-bond acceptors (Lipinski definition) is 5. The monoisotopic (exact) mass is 520 g/mol. The molecule has 13 heteroatoms. The van der Waals surface area contributed by atoms with Crippen LogP contribution in [0.4, 0.5) is 18.9 Å². The van der Waals surface area contributed by atoms with Gasteiger partial charge in [-0.25, -0.2) is 21.6 Å². The molecule has 3 heterocycles. The maximum atomic E-state index is 14.1. The molecule has 1 aliphatic heterocycles. The van der Waals surface area contributed by atoms with E-state index in [0.29, 0.717) is 11.3 Å². The fraction of sp³-hybridized carbons (Fsp3) is 0.217. The van der Waals surface area contributed by atoms with Crippen LogP contribution in [0.15, 0.2) is 35.1 Å². The van der Waals surface area contributed by atoms with Crippen LogP contribution >= 0.6 is 0 Å². The van der Waals surface area contributed by atoms with Gasteiger partial charge in [0, 0.05) is 23.7 Å². The van der Waals surface area contributed by atoms with Crippen molar-refractivity contribution in [2.75, 3.05) is 24.6 Å². The molecule has 0 fully saturated rings. The number of aromatic nitrogens is 2. The standard InChI is InChI=1S/C23H19F3N4O5S/c1-30(23(32)18-7-13-16(27-18)3-10(24)4-17(13)29-36(2,33)34)20-9-35-8-19-21(20)11-5-14(25)15(26)6-12(11)22(31)28-19/h3-7,20,27,29H,8-9H2,1-2H3,(H,28,31)/t20-/m1/s1. The van der Waals surface area contributed by atoms with Crippen molar-refractivity contribution in [2.24, 2.45) is 0 Å². The van der Waals surface area contributed by atoms with E-state index in [1.165, 1.54) is 18.0 Å². The smallest absolute Gasteiger partial charge is 0.270 e. The zero-order valence-electron chi connectivity index (χ0n) is 18.9. The summed E-state index contributed by atoms with van der Waals surface area (Å²) < 4.78 is 73.2. The number of amides is 1. The highest BCUT2D eigenvalue weighted by atomic mass is 32.2. The molecule has 0 spiro atoms. The Balaban J connectivity index is 1.59. The van der Waals surface area contributed by atoms with E-state index in [0.717, 1.165) is 30.5 Å². The molecule has 0 aliphatic carbocycles. The van der Waals surface area contributed by atoms with Crippen molar-refractivity contribution in [2.45, 2.75) is 12.6 Å². The van der Waals surface area contributed by atoms with E-state index >= 15 is 0 Å². The zero-order chi connectivity index (χ0) is 25.9. The highest BCUT2D eigenvalue weighted by molar-refractivity contribution is 7.92. The molecule has 1 amide bonds. The van der Waals surface area contributed by atoms with Crippen LogP contribution in [0.2, 0.25) is 0 Å². The number of pyridine rings is 1. The lowest BCUT2D eigenvalue weighted by molar-refractivity contribution is 0.0333. The molecule has 0 radical (unpaired) electrons. The Hall–Kier alpha value is -3.84. The summed E-state index contributed by atoms with van der Waals surface area (Å²) in [5.74, 6) is -3.61. The van der Waals surface area contributed by atoms with Crippen molar-refractivity contribution >= 4 is 43.3 Å². The Labute approximate surface area is 201 Å². The Bertz CT molecular complexity index is 1730. The summed E-state index contributed by atoms with van der Waals surface area (Å²) in [5.41, 5.74) is 0.278. The Morgan fingerprint density at radius 1 is 1.06 bits per heavy atom. The Morgan fingerprint density at radius 3 is 2.44 bits per heavy atom. The van der Waals surface area contributed by atoms with Crippen LogP contribution < -0.4 is 10.3 Å². The first-order valence-corrected chi connectivity index (χ1v) is 12.5. The van der Waals surface area contributed by atoms with Crippen LogP contribution in [-0.4, -0.2) is 49.1 Å². The molecule has 36 heavy (non-hydrogen) atoms. The number of fused-ring (bicyclic) bond motifs is 4. The third-order valence-corrected chi connectivity index (χ3v) is 6.65. The first-order chi connectivity index (χ1) is 16.9. The van der Waals surface area contributed by atoms with Gasteiger partial charge in [-0.2, -0.15) is 0 Å². The number of carbonyl (C=O) groups is 1. The van der Waals surface area contributed by atoms with Gasteiger partial charge in [0.1, 0.15) is 11.5 Å². The number of anilines is 1. The number of hydrogen-bond donors (Lipinski definition) is 3. The molecule has 5 rings (SSSR count). The minimum Gasteiger partial charge on any atom is -0.373 e. The number of nitrogens with zero attached hydrogens (tertiary/aromatic N) is 1. The minimum absolute atomic E-state index is 0.00419. The van der Waals surface area contributed by atoms with Crippen LogP contribution in [0.3, 0.4) is 0 Å². The van der Waals surface area contributed by atoms with Gasteiger partial charge in [-0.1, -0.05) is 0 Å². The predicted molar refractivity (Wildman–Crippen MR) is 126 cm³/mol. The maximum absolute atomic E-state index is 14.1. The number of carbonyl (C=O) groups excluding carboxylic acids is 1. The van der Waals surface area contributed by atoms with Gasteiger partial charge in [0.05, 0.1) is 42.1 Å². The first kappa shape index (κ1) is 23.9. The summed E-state index contributed by atoms with van der Waals surface area (Å²) in [6, 6.07) is 4.43. The number of sulfonamides is 1.